The van der Waals surface area contributed by atoms with Gasteiger partial charge in [-0.3, -0.25) is 0 Å². The molecule has 0 spiro atoms. The van der Waals surface area contributed by atoms with Crippen LogP contribution >= 0.6 is 0 Å². The molecule has 6 heteroatoms. The summed E-state index contributed by atoms with van der Waals surface area (Å²) in [5.41, 5.74) is 3.05. The van der Waals surface area contributed by atoms with Crippen molar-refractivity contribution in [1.29, 1.82) is 0 Å². The van der Waals surface area contributed by atoms with Crippen molar-refractivity contribution in [1.82, 2.24) is 0 Å². The second-order valence-electron chi connectivity index (χ2n) is 12.5. The number of fused-ring (bicyclic) bond motifs is 3. The lowest BCUT2D eigenvalue weighted by molar-refractivity contribution is 0.333. The SMILES string of the molecule is Cc1c(F)cc2c(c1F)CCC(CCC1CCc3cc(-c4cc5c(c(F)c4F)CC(C)CC5)c(F)c(F)c3C1)C2. The second kappa shape index (κ2) is 10.6. The highest BCUT2D eigenvalue weighted by molar-refractivity contribution is 5.69. The van der Waals surface area contributed by atoms with E-state index in [2.05, 4.69) is 0 Å². The van der Waals surface area contributed by atoms with Crippen LogP contribution in [-0.4, -0.2) is 0 Å². The molecule has 3 aliphatic carbocycles. The molecule has 0 nitrogen and oxygen atoms in total. The maximum atomic E-state index is 15.4. The summed E-state index contributed by atoms with van der Waals surface area (Å²) in [5, 5.41) is 0. The molecule has 3 aromatic rings. The van der Waals surface area contributed by atoms with Crippen molar-refractivity contribution in [3.05, 3.63) is 92.0 Å². The van der Waals surface area contributed by atoms with E-state index in [0.717, 1.165) is 37.7 Å². The second-order valence-corrected chi connectivity index (χ2v) is 12.5. The molecule has 3 aliphatic rings. The Balaban J connectivity index is 1.19. The largest absolute Gasteiger partial charge is 0.207 e. The van der Waals surface area contributed by atoms with Gasteiger partial charge in [-0.2, -0.15) is 0 Å². The number of rotatable bonds is 4. The Bertz CT molecular complexity index is 1490. The fourth-order valence-corrected chi connectivity index (χ4v) is 7.31. The number of halogens is 6. The molecule has 0 N–H and O–H groups in total. The fourth-order valence-electron chi connectivity index (χ4n) is 7.31. The molecule has 3 unspecified atom stereocenters. The Hall–Kier alpha value is -2.76. The molecule has 0 saturated heterocycles. The van der Waals surface area contributed by atoms with Crippen LogP contribution in [0.15, 0.2) is 18.2 Å². The molecule has 0 heterocycles. The zero-order valence-corrected chi connectivity index (χ0v) is 23.0. The van der Waals surface area contributed by atoms with E-state index in [1.54, 1.807) is 0 Å². The Morgan fingerprint density at radius 1 is 0.575 bits per heavy atom. The van der Waals surface area contributed by atoms with Crippen LogP contribution in [0.4, 0.5) is 26.3 Å². The third kappa shape index (κ3) is 4.75. The van der Waals surface area contributed by atoms with Crippen LogP contribution in [0.3, 0.4) is 0 Å². The number of aryl methyl sites for hydroxylation is 2. The van der Waals surface area contributed by atoms with Crippen molar-refractivity contribution in [2.45, 2.75) is 84.5 Å². The van der Waals surface area contributed by atoms with Gasteiger partial charge < -0.3 is 0 Å². The van der Waals surface area contributed by atoms with Gasteiger partial charge in [0.25, 0.3) is 0 Å². The fraction of sp³-hybridized carbons (Fsp3) is 0.471. The monoisotopic (exact) mass is 556 g/mol. The summed E-state index contributed by atoms with van der Waals surface area (Å²) in [6.45, 7) is 3.46. The number of hydrogen-bond donors (Lipinski definition) is 0. The Morgan fingerprint density at radius 3 is 1.77 bits per heavy atom. The standard InChI is InChI=1S/C34H34F6/c1-17-3-8-21-14-27(33(39)31(37)25(21)11-17)28-15-22-9-6-20(13-26(22)32(38)34(28)40)5-4-19-7-10-24-23(12-19)16-29(35)18(2)30(24)36/h14-17,19-20H,3-13H2,1-2H3. The molecule has 0 radical (unpaired) electrons. The van der Waals surface area contributed by atoms with Crippen molar-refractivity contribution in [2.75, 3.05) is 0 Å². The first-order valence-corrected chi connectivity index (χ1v) is 14.6. The lowest BCUT2D eigenvalue weighted by atomic mass is 9.76. The van der Waals surface area contributed by atoms with Gasteiger partial charge in [0.15, 0.2) is 23.3 Å². The quantitative estimate of drug-likeness (QED) is 0.281. The lowest BCUT2D eigenvalue weighted by Gasteiger charge is -2.30. The van der Waals surface area contributed by atoms with Crippen molar-refractivity contribution < 1.29 is 26.3 Å². The number of benzene rings is 3. The van der Waals surface area contributed by atoms with Gasteiger partial charge in [0.1, 0.15) is 11.6 Å². The van der Waals surface area contributed by atoms with E-state index in [1.807, 2.05) is 6.92 Å². The van der Waals surface area contributed by atoms with Crippen LogP contribution in [0.5, 0.6) is 0 Å². The van der Waals surface area contributed by atoms with E-state index in [1.165, 1.54) is 25.1 Å². The molecule has 3 atom stereocenters. The van der Waals surface area contributed by atoms with Gasteiger partial charge in [-0.1, -0.05) is 6.92 Å². The Morgan fingerprint density at radius 2 is 1.12 bits per heavy atom. The molecule has 0 fully saturated rings. The summed E-state index contributed by atoms with van der Waals surface area (Å²) in [6, 6.07) is 4.49. The van der Waals surface area contributed by atoms with Gasteiger partial charge >= 0.3 is 0 Å². The molecule has 0 bridgehead atoms. The topological polar surface area (TPSA) is 0 Å². The molecule has 0 aliphatic heterocycles. The van der Waals surface area contributed by atoms with E-state index < -0.39 is 34.9 Å². The van der Waals surface area contributed by atoms with E-state index in [0.29, 0.717) is 72.3 Å². The maximum Gasteiger partial charge on any atom is 0.167 e. The zero-order valence-electron chi connectivity index (χ0n) is 23.0. The van der Waals surface area contributed by atoms with E-state index >= 15 is 13.2 Å². The summed E-state index contributed by atoms with van der Waals surface area (Å²) >= 11 is 0. The minimum absolute atomic E-state index is 0.0737. The lowest BCUT2D eigenvalue weighted by Crippen LogP contribution is -2.21. The van der Waals surface area contributed by atoms with Crippen LogP contribution in [-0.2, 0) is 38.5 Å². The molecule has 3 aromatic carbocycles. The summed E-state index contributed by atoms with van der Waals surface area (Å²) in [7, 11) is 0. The summed E-state index contributed by atoms with van der Waals surface area (Å²) in [4.78, 5) is 0. The highest BCUT2D eigenvalue weighted by atomic mass is 19.2. The molecular formula is C34H34F6. The van der Waals surface area contributed by atoms with Crippen LogP contribution in [0.2, 0.25) is 0 Å². The third-order valence-corrected chi connectivity index (χ3v) is 9.80. The summed E-state index contributed by atoms with van der Waals surface area (Å²) in [6.07, 6.45) is 7.33. The van der Waals surface area contributed by atoms with E-state index in [9.17, 15) is 13.2 Å². The van der Waals surface area contributed by atoms with Crippen LogP contribution < -0.4 is 0 Å². The van der Waals surface area contributed by atoms with Gasteiger partial charge in [0, 0.05) is 16.7 Å². The summed E-state index contributed by atoms with van der Waals surface area (Å²) < 4.78 is 89.5. The van der Waals surface area contributed by atoms with Crippen molar-refractivity contribution in [3.8, 4) is 11.1 Å². The number of hydrogen-bond acceptors (Lipinski definition) is 0. The van der Waals surface area contributed by atoms with Crippen LogP contribution in [0, 0.1) is 59.6 Å². The highest BCUT2D eigenvalue weighted by Crippen LogP contribution is 2.41. The van der Waals surface area contributed by atoms with Gasteiger partial charge in [-0.05, 0) is 147 Å². The first-order valence-electron chi connectivity index (χ1n) is 14.6. The van der Waals surface area contributed by atoms with Gasteiger partial charge in [-0.15, -0.1) is 0 Å². The molecule has 0 amide bonds. The molecule has 0 aromatic heterocycles. The molecular weight excluding hydrogens is 522 g/mol. The van der Waals surface area contributed by atoms with Crippen LogP contribution in [0.25, 0.3) is 11.1 Å². The Labute approximate surface area is 231 Å². The predicted octanol–water partition coefficient (Wildman–Crippen LogP) is 9.31. The maximum absolute atomic E-state index is 15.4. The normalized spacial score (nSPS) is 22.1. The minimum Gasteiger partial charge on any atom is -0.207 e. The molecule has 212 valence electrons. The molecule has 6 rings (SSSR count). The Kier molecular flexibility index (Phi) is 7.25. The first kappa shape index (κ1) is 27.4. The molecule has 0 saturated carbocycles. The van der Waals surface area contributed by atoms with Crippen molar-refractivity contribution >= 4 is 0 Å². The minimum atomic E-state index is -1.12. The smallest absolute Gasteiger partial charge is 0.167 e. The van der Waals surface area contributed by atoms with E-state index in [4.69, 9.17) is 0 Å². The van der Waals surface area contributed by atoms with Crippen LogP contribution in [0.1, 0.15) is 78.0 Å². The van der Waals surface area contributed by atoms with Crippen molar-refractivity contribution in [2.24, 2.45) is 17.8 Å². The molecule has 40 heavy (non-hydrogen) atoms. The predicted molar refractivity (Wildman–Crippen MR) is 144 cm³/mol. The highest BCUT2D eigenvalue weighted by Gasteiger charge is 2.31. The third-order valence-electron chi connectivity index (χ3n) is 9.80. The summed E-state index contributed by atoms with van der Waals surface area (Å²) in [5.74, 6) is -4.36. The van der Waals surface area contributed by atoms with Gasteiger partial charge in [0.2, 0.25) is 0 Å². The average Bonchev–Trinajstić information content (AvgIpc) is 2.95. The first-order chi connectivity index (χ1) is 19.1. The van der Waals surface area contributed by atoms with E-state index in [-0.39, 0.29) is 28.5 Å². The average molecular weight is 557 g/mol. The van der Waals surface area contributed by atoms with Crippen molar-refractivity contribution in [3.63, 3.8) is 0 Å². The van der Waals surface area contributed by atoms with Gasteiger partial charge in [0.05, 0.1) is 0 Å². The van der Waals surface area contributed by atoms with Gasteiger partial charge in [-0.25, -0.2) is 26.3 Å². The zero-order chi connectivity index (χ0) is 28.3.